The van der Waals surface area contributed by atoms with Gasteiger partial charge in [-0.25, -0.2) is 0 Å². The summed E-state index contributed by atoms with van der Waals surface area (Å²) in [4.78, 5) is 0. The smallest absolute Gasteiger partial charge is 0.0776 e. The average Bonchev–Trinajstić information content (AvgIpc) is 2.61. The highest BCUT2D eigenvalue weighted by Gasteiger charge is 2.18. The van der Waals surface area contributed by atoms with E-state index in [4.69, 9.17) is 48.9 Å². The predicted octanol–water partition coefficient (Wildman–Crippen LogP) is 7.06. The van der Waals surface area contributed by atoms with Gasteiger partial charge in [0, 0.05) is 32.0 Å². The van der Waals surface area contributed by atoms with Gasteiger partial charge in [-0.05, 0) is 0 Å². The first-order chi connectivity index (χ1) is 12.2. The minimum atomic E-state index is -1.45. The maximum absolute atomic E-state index is 5.90. The third kappa shape index (κ3) is 2.57. The van der Waals surface area contributed by atoms with E-state index in [2.05, 4.69) is 37.8 Å². The van der Waals surface area contributed by atoms with Crippen LogP contribution in [0.2, 0.25) is 19.6 Å². The summed E-state index contributed by atoms with van der Waals surface area (Å²) in [5.41, 5.74) is 0. The first-order valence-corrected chi connectivity index (χ1v) is 13.5. The molecule has 128 valence electrons. The fourth-order valence-electron chi connectivity index (χ4n) is 3.47. The molecule has 0 N–H and O–H groups in total. The lowest BCUT2D eigenvalue weighted by Crippen LogP contribution is -2.37. The Morgan fingerprint density at radius 1 is 0.577 bits per heavy atom. The fourth-order valence-corrected chi connectivity index (χ4v) is 6.28. The molecule has 0 heterocycles. The molecule has 2 aromatic carbocycles. The van der Waals surface area contributed by atoms with Crippen LogP contribution < -0.4 is 5.19 Å². The number of hydrogen-bond donors (Lipinski definition) is 0. The molecule has 0 fully saturated rings. The third-order valence-corrected chi connectivity index (χ3v) is 8.69. The van der Waals surface area contributed by atoms with Crippen LogP contribution in [0.5, 0.6) is 0 Å². The standard InChI is InChI=1S/C21H16S4Si/c1-26(2,3)11-8-9-14-15(10-11)21(25)17-16(20(14)24)18(22)12-6-4-5-7-13(12)19(17)23/h4-10H,1-3H3. The summed E-state index contributed by atoms with van der Waals surface area (Å²) in [6.07, 6.45) is 0. The van der Waals surface area contributed by atoms with Gasteiger partial charge in [0.1, 0.15) is 0 Å². The van der Waals surface area contributed by atoms with Crippen LogP contribution >= 0.6 is 48.9 Å². The van der Waals surface area contributed by atoms with E-state index in [0.29, 0.717) is 0 Å². The highest BCUT2D eigenvalue weighted by molar-refractivity contribution is 7.73. The van der Waals surface area contributed by atoms with E-state index in [9.17, 15) is 0 Å². The molecule has 2 aromatic rings. The van der Waals surface area contributed by atoms with Crippen LogP contribution in [-0.2, 0) is 0 Å². The quantitative estimate of drug-likeness (QED) is 0.237. The van der Waals surface area contributed by atoms with Crippen LogP contribution in [0, 0.1) is 28.5 Å². The lowest BCUT2D eigenvalue weighted by Gasteiger charge is -2.17. The fraction of sp³-hybridized carbons (Fsp3) is 0.143. The van der Waals surface area contributed by atoms with Crippen LogP contribution in [0.15, 0.2) is 42.5 Å². The first kappa shape index (κ1) is 18.1. The Bertz CT molecular complexity index is 1490. The first-order valence-electron chi connectivity index (χ1n) is 8.38. The second kappa shape index (κ2) is 6.14. The van der Waals surface area contributed by atoms with Crippen LogP contribution in [0.1, 0.15) is 0 Å². The van der Waals surface area contributed by atoms with Crippen molar-refractivity contribution in [3.05, 3.63) is 70.9 Å². The average molecular weight is 425 g/mol. The molecule has 0 spiro atoms. The van der Waals surface area contributed by atoms with Gasteiger partial charge in [0.05, 0.1) is 26.1 Å². The molecule has 0 saturated carbocycles. The van der Waals surface area contributed by atoms with E-state index in [1.165, 1.54) is 5.19 Å². The molecule has 4 rings (SSSR count). The van der Waals surface area contributed by atoms with Gasteiger partial charge in [-0.1, -0.05) is 116 Å². The largest absolute Gasteiger partial charge is 0.0787 e. The summed E-state index contributed by atoms with van der Waals surface area (Å²) in [5.74, 6) is 0. The minimum Gasteiger partial charge on any atom is -0.0787 e. The number of hydrogen-bond acceptors (Lipinski definition) is 4. The Hall–Kier alpha value is -1.24. The molecular formula is C21H16S4Si. The molecule has 0 radical (unpaired) electrons. The van der Waals surface area contributed by atoms with Crippen molar-refractivity contribution in [1.29, 1.82) is 0 Å². The molecule has 5 heteroatoms. The van der Waals surface area contributed by atoms with Crippen LogP contribution in [-0.4, -0.2) is 8.07 Å². The maximum atomic E-state index is 5.90. The molecule has 0 unspecified atom stereocenters. The Labute approximate surface area is 173 Å². The van der Waals surface area contributed by atoms with Gasteiger partial charge in [0.25, 0.3) is 0 Å². The van der Waals surface area contributed by atoms with Gasteiger partial charge in [-0.3, -0.25) is 0 Å². The SMILES string of the molecule is C[Si](C)(C)c1ccc2c(=S)c3c(=S)c4ccccc4c(=S)c=3c(=S)c2c1. The van der Waals surface area contributed by atoms with Crippen molar-refractivity contribution in [3.63, 3.8) is 0 Å². The molecule has 2 aliphatic carbocycles. The molecule has 0 atom stereocenters. The molecule has 0 saturated heterocycles. The molecule has 0 aromatic heterocycles. The zero-order chi connectivity index (χ0) is 18.8. The van der Waals surface area contributed by atoms with Crippen molar-refractivity contribution >= 4 is 83.7 Å². The second-order valence-electron chi connectivity index (χ2n) is 7.62. The number of fused-ring (bicyclic) bond motifs is 2. The Balaban J connectivity index is 2.42. The van der Waals surface area contributed by atoms with E-state index in [1.54, 1.807) is 0 Å². The van der Waals surface area contributed by atoms with Gasteiger partial charge >= 0.3 is 0 Å². The topological polar surface area (TPSA) is 0 Å². The number of benzene rings is 2. The Morgan fingerprint density at radius 2 is 1.00 bits per heavy atom. The Kier molecular flexibility index (Phi) is 4.28. The van der Waals surface area contributed by atoms with E-state index in [0.717, 1.165) is 50.0 Å². The zero-order valence-electron chi connectivity index (χ0n) is 14.7. The molecule has 2 aliphatic rings. The van der Waals surface area contributed by atoms with E-state index in [1.807, 2.05) is 24.3 Å². The summed E-state index contributed by atoms with van der Waals surface area (Å²) < 4.78 is 3.08. The normalized spacial score (nSPS) is 12.3. The van der Waals surface area contributed by atoms with Crippen molar-refractivity contribution in [2.24, 2.45) is 0 Å². The van der Waals surface area contributed by atoms with E-state index >= 15 is 0 Å². The molecule has 26 heavy (non-hydrogen) atoms. The third-order valence-electron chi connectivity index (χ3n) is 4.95. The van der Waals surface area contributed by atoms with Crippen molar-refractivity contribution in [2.75, 3.05) is 0 Å². The van der Waals surface area contributed by atoms with Gasteiger partial charge in [-0.15, -0.1) is 0 Å². The van der Waals surface area contributed by atoms with Crippen molar-refractivity contribution in [2.45, 2.75) is 19.6 Å². The van der Waals surface area contributed by atoms with Crippen molar-refractivity contribution in [1.82, 2.24) is 0 Å². The van der Waals surface area contributed by atoms with Gasteiger partial charge in [-0.2, -0.15) is 0 Å². The molecule has 0 aliphatic heterocycles. The summed E-state index contributed by atoms with van der Waals surface area (Å²) >= 11 is 23.4. The van der Waals surface area contributed by atoms with Crippen LogP contribution in [0.25, 0.3) is 21.5 Å². The summed E-state index contributed by atoms with van der Waals surface area (Å²) in [6.45, 7) is 7.00. The second-order valence-corrected chi connectivity index (χ2v) is 14.3. The van der Waals surface area contributed by atoms with Gasteiger partial charge in [0.15, 0.2) is 0 Å². The highest BCUT2D eigenvalue weighted by atomic mass is 32.1. The molecule has 0 bridgehead atoms. The van der Waals surface area contributed by atoms with E-state index in [-0.39, 0.29) is 0 Å². The van der Waals surface area contributed by atoms with Crippen LogP contribution in [0.3, 0.4) is 0 Å². The summed E-state index contributed by atoms with van der Waals surface area (Å²) in [7, 11) is -1.45. The molecule has 0 amide bonds. The van der Waals surface area contributed by atoms with E-state index < -0.39 is 8.07 Å². The monoisotopic (exact) mass is 424 g/mol. The Morgan fingerprint density at radius 3 is 1.46 bits per heavy atom. The maximum Gasteiger partial charge on any atom is 0.0776 e. The lowest BCUT2D eigenvalue weighted by molar-refractivity contribution is 1.47. The molecule has 0 nitrogen and oxygen atoms in total. The lowest BCUT2D eigenvalue weighted by atomic mass is 10.0. The zero-order valence-corrected chi connectivity index (χ0v) is 18.9. The number of rotatable bonds is 1. The van der Waals surface area contributed by atoms with Crippen molar-refractivity contribution in [3.8, 4) is 0 Å². The minimum absolute atomic E-state index is 0.761. The molecular weight excluding hydrogens is 409 g/mol. The summed E-state index contributed by atoms with van der Waals surface area (Å²) in [5, 5.41) is 7.14. The van der Waals surface area contributed by atoms with Crippen molar-refractivity contribution < 1.29 is 0 Å². The van der Waals surface area contributed by atoms with Gasteiger partial charge < -0.3 is 0 Å². The summed E-state index contributed by atoms with van der Waals surface area (Å²) in [6, 6.07) is 14.6. The van der Waals surface area contributed by atoms with Gasteiger partial charge in [0.2, 0.25) is 0 Å². The predicted molar refractivity (Wildman–Crippen MR) is 125 cm³/mol. The highest BCUT2D eigenvalue weighted by Crippen LogP contribution is 2.27. The van der Waals surface area contributed by atoms with Crippen LogP contribution in [0.4, 0.5) is 0 Å².